The van der Waals surface area contributed by atoms with E-state index in [-0.39, 0.29) is 5.92 Å². The molecule has 0 saturated carbocycles. The fraction of sp³-hybridized carbons (Fsp3) is 0.571. The highest BCUT2D eigenvalue weighted by molar-refractivity contribution is 7.71. The number of benzene rings is 1. The summed E-state index contributed by atoms with van der Waals surface area (Å²) in [6.45, 7) is 7.21. The maximum Gasteiger partial charge on any atom is 0.225 e. The Balaban J connectivity index is 1.36. The van der Waals surface area contributed by atoms with Crippen LogP contribution >= 0.6 is 12.2 Å². The van der Waals surface area contributed by atoms with Crippen LogP contribution in [0.15, 0.2) is 30.3 Å². The third-order valence-corrected chi connectivity index (χ3v) is 6.41. The number of likely N-dealkylation sites (tertiary alicyclic amines) is 2. The van der Waals surface area contributed by atoms with Crippen molar-refractivity contribution in [2.24, 2.45) is 5.92 Å². The summed E-state index contributed by atoms with van der Waals surface area (Å²) < 4.78 is 4.78. The Morgan fingerprint density at radius 3 is 2.46 bits per heavy atom. The van der Waals surface area contributed by atoms with Gasteiger partial charge in [-0.05, 0) is 50.4 Å². The summed E-state index contributed by atoms with van der Waals surface area (Å²) in [6, 6.07) is 10.3. The van der Waals surface area contributed by atoms with Crippen LogP contribution in [0.25, 0.3) is 0 Å². The number of aromatic nitrogens is 3. The standard InChI is InChI=1S/C21H29N5OS/c1-17-22-26(21(28)25(17)15-18-7-3-2-4-8-18)16-23-13-9-19(10-14-23)20(27)24-11-5-6-12-24/h2-4,7-8,19H,5-6,9-16H2,1H3. The molecule has 1 amide bonds. The Morgan fingerprint density at radius 1 is 1.11 bits per heavy atom. The van der Waals surface area contributed by atoms with Crippen molar-refractivity contribution in [2.45, 2.75) is 45.8 Å². The van der Waals surface area contributed by atoms with Crippen molar-refractivity contribution in [1.82, 2.24) is 24.1 Å². The van der Waals surface area contributed by atoms with E-state index in [4.69, 9.17) is 12.2 Å². The summed E-state index contributed by atoms with van der Waals surface area (Å²) in [7, 11) is 0. The monoisotopic (exact) mass is 399 g/mol. The molecule has 0 N–H and O–H groups in total. The van der Waals surface area contributed by atoms with E-state index >= 15 is 0 Å². The molecule has 0 radical (unpaired) electrons. The van der Waals surface area contributed by atoms with E-state index in [1.165, 1.54) is 5.56 Å². The number of hydrogen-bond acceptors (Lipinski definition) is 4. The van der Waals surface area contributed by atoms with Crippen LogP contribution in [0, 0.1) is 17.6 Å². The molecule has 1 aromatic carbocycles. The van der Waals surface area contributed by atoms with E-state index in [2.05, 4.69) is 31.6 Å². The molecule has 2 aliphatic heterocycles. The zero-order valence-corrected chi connectivity index (χ0v) is 17.4. The molecule has 3 heterocycles. The van der Waals surface area contributed by atoms with E-state index < -0.39 is 0 Å². The Labute approximate surface area is 171 Å². The lowest BCUT2D eigenvalue weighted by Crippen LogP contribution is -2.42. The first-order valence-corrected chi connectivity index (χ1v) is 10.7. The lowest BCUT2D eigenvalue weighted by molar-refractivity contribution is -0.136. The van der Waals surface area contributed by atoms with E-state index in [9.17, 15) is 4.79 Å². The molecule has 6 nitrogen and oxygen atoms in total. The number of hydrogen-bond donors (Lipinski definition) is 0. The maximum atomic E-state index is 12.6. The molecule has 0 atom stereocenters. The van der Waals surface area contributed by atoms with Crippen molar-refractivity contribution < 1.29 is 4.79 Å². The van der Waals surface area contributed by atoms with Crippen molar-refractivity contribution in [2.75, 3.05) is 26.2 Å². The molecule has 1 aromatic heterocycles. The van der Waals surface area contributed by atoms with Crippen molar-refractivity contribution in [3.63, 3.8) is 0 Å². The summed E-state index contributed by atoms with van der Waals surface area (Å²) in [6.07, 6.45) is 4.19. The molecule has 7 heteroatoms. The average Bonchev–Trinajstić information content (AvgIpc) is 3.34. The van der Waals surface area contributed by atoms with Gasteiger partial charge in [0.1, 0.15) is 5.82 Å². The van der Waals surface area contributed by atoms with Gasteiger partial charge < -0.3 is 4.90 Å². The average molecular weight is 400 g/mol. The van der Waals surface area contributed by atoms with Crippen LogP contribution < -0.4 is 0 Å². The Morgan fingerprint density at radius 2 is 1.79 bits per heavy atom. The minimum absolute atomic E-state index is 0.194. The number of amides is 1. The van der Waals surface area contributed by atoms with Gasteiger partial charge in [-0.2, -0.15) is 5.10 Å². The van der Waals surface area contributed by atoms with Crippen molar-refractivity contribution in [1.29, 1.82) is 0 Å². The van der Waals surface area contributed by atoms with Crippen LogP contribution in [0.1, 0.15) is 37.1 Å². The fourth-order valence-electron chi connectivity index (χ4n) is 4.30. The minimum atomic E-state index is 0.194. The van der Waals surface area contributed by atoms with Crippen molar-refractivity contribution in [3.05, 3.63) is 46.5 Å². The smallest absolute Gasteiger partial charge is 0.225 e. The molecule has 2 aliphatic rings. The Bertz CT molecular complexity index is 861. The quantitative estimate of drug-likeness (QED) is 0.725. The molecule has 0 spiro atoms. The molecular formula is C21H29N5OS. The molecule has 0 bridgehead atoms. The summed E-state index contributed by atoms with van der Waals surface area (Å²) in [4.78, 5) is 17.0. The normalized spacial score (nSPS) is 18.7. The topological polar surface area (TPSA) is 46.3 Å². The van der Waals surface area contributed by atoms with Gasteiger partial charge in [0.25, 0.3) is 0 Å². The second-order valence-corrected chi connectivity index (χ2v) is 8.33. The number of carbonyl (C=O) groups excluding carboxylic acids is 1. The number of nitrogens with zero attached hydrogens (tertiary/aromatic N) is 5. The van der Waals surface area contributed by atoms with E-state index in [1.54, 1.807) is 0 Å². The number of aryl methyl sites for hydroxylation is 1. The molecular weight excluding hydrogens is 370 g/mol. The van der Waals surface area contributed by atoms with E-state index in [0.717, 1.165) is 69.0 Å². The first kappa shape index (κ1) is 19.3. The fourth-order valence-corrected chi connectivity index (χ4v) is 4.59. The van der Waals surface area contributed by atoms with Gasteiger partial charge in [0, 0.05) is 32.1 Å². The highest BCUT2D eigenvalue weighted by atomic mass is 32.1. The van der Waals surface area contributed by atoms with Crippen LogP contribution in [0.4, 0.5) is 0 Å². The van der Waals surface area contributed by atoms with Gasteiger partial charge in [-0.25, -0.2) is 4.68 Å². The van der Waals surface area contributed by atoms with Gasteiger partial charge in [0.15, 0.2) is 4.77 Å². The van der Waals surface area contributed by atoms with Gasteiger partial charge in [0.2, 0.25) is 5.91 Å². The van der Waals surface area contributed by atoms with Gasteiger partial charge >= 0.3 is 0 Å². The SMILES string of the molecule is Cc1nn(CN2CCC(C(=O)N3CCCC3)CC2)c(=S)n1Cc1ccccc1. The minimum Gasteiger partial charge on any atom is -0.342 e. The summed E-state index contributed by atoms with van der Waals surface area (Å²) in [5, 5.41) is 4.68. The lowest BCUT2D eigenvalue weighted by atomic mass is 9.95. The van der Waals surface area contributed by atoms with Gasteiger partial charge in [0.05, 0.1) is 13.2 Å². The predicted octanol–water partition coefficient (Wildman–Crippen LogP) is 3.06. The van der Waals surface area contributed by atoms with Crippen molar-refractivity contribution in [3.8, 4) is 0 Å². The molecule has 150 valence electrons. The third-order valence-electron chi connectivity index (χ3n) is 5.98. The molecule has 0 aliphatic carbocycles. The van der Waals surface area contributed by atoms with Gasteiger partial charge in [-0.15, -0.1) is 0 Å². The Kier molecular flexibility index (Phi) is 5.92. The van der Waals surface area contributed by atoms with Crippen LogP contribution in [0.2, 0.25) is 0 Å². The molecule has 2 saturated heterocycles. The number of carbonyl (C=O) groups is 1. The predicted molar refractivity (Wildman–Crippen MR) is 111 cm³/mol. The van der Waals surface area contributed by atoms with Crippen LogP contribution in [0.5, 0.6) is 0 Å². The number of rotatable bonds is 5. The Hall–Kier alpha value is -1.99. The summed E-state index contributed by atoms with van der Waals surface area (Å²) in [5.74, 6) is 1.50. The molecule has 0 unspecified atom stereocenters. The van der Waals surface area contributed by atoms with Crippen molar-refractivity contribution >= 4 is 18.1 Å². The first-order valence-electron chi connectivity index (χ1n) is 10.3. The zero-order chi connectivity index (χ0) is 19.5. The second-order valence-electron chi connectivity index (χ2n) is 7.97. The summed E-state index contributed by atoms with van der Waals surface area (Å²) >= 11 is 5.69. The van der Waals surface area contributed by atoms with E-state index in [0.29, 0.717) is 12.6 Å². The lowest BCUT2D eigenvalue weighted by Gasteiger charge is -2.32. The molecule has 4 rings (SSSR count). The molecule has 28 heavy (non-hydrogen) atoms. The molecule has 2 aromatic rings. The summed E-state index contributed by atoms with van der Waals surface area (Å²) in [5.41, 5.74) is 1.22. The van der Waals surface area contributed by atoms with Crippen LogP contribution in [-0.2, 0) is 18.0 Å². The first-order chi connectivity index (χ1) is 13.6. The van der Waals surface area contributed by atoms with Gasteiger partial charge in [-0.3, -0.25) is 14.3 Å². The van der Waals surface area contributed by atoms with Crippen LogP contribution in [-0.4, -0.2) is 56.2 Å². The third kappa shape index (κ3) is 4.20. The largest absolute Gasteiger partial charge is 0.342 e. The molecule has 2 fully saturated rings. The highest BCUT2D eigenvalue weighted by Gasteiger charge is 2.30. The number of piperidine rings is 1. The van der Waals surface area contributed by atoms with E-state index in [1.807, 2.05) is 29.8 Å². The highest BCUT2D eigenvalue weighted by Crippen LogP contribution is 2.22. The second kappa shape index (κ2) is 8.57. The van der Waals surface area contributed by atoms with Gasteiger partial charge in [-0.1, -0.05) is 30.3 Å². The zero-order valence-electron chi connectivity index (χ0n) is 16.6. The maximum absolute atomic E-state index is 12.6. The van der Waals surface area contributed by atoms with Crippen LogP contribution in [0.3, 0.4) is 0 Å².